The van der Waals surface area contributed by atoms with E-state index in [2.05, 4.69) is 86.5 Å². The third-order valence-electron chi connectivity index (χ3n) is 10.9. The Morgan fingerprint density at radius 2 is 1.70 bits per heavy atom. The number of aryl methyl sites for hydroxylation is 2. The molecule has 1 fully saturated rings. The van der Waals surface area contributed by atoms with Crippen molar-refractivity contribution in [1.82, 2.24) is 29.1 Å². The number of rotatable bonds is 16. The zero-order chi connectivity index (χ0) is 44.4. The largest absolute Gasteiger partial charge is 0.461 e. The lowest BCUT2D eigenvalue weighted by molar-refractivity contribution is -0.0927. The van der Waals surface area contributed by atoms with Crippen molar-refractivity contribution in [3.63, 3.8) is 0 Å². The van der Waals surface area contributed by atoms with E-state index >= 15 is 0 Å². The maximum Gasteiger partial charge on any atom is 0.280 e. The number of aliphatic imine (C=N–C) groups is 1. The van der Waals surface area contributed by atoms with Crippen LogP contribution in [0.15, 0.2) is 99.3 Å². The highest BCUT2D eigenvalue weighted by Crippen LogP contribution is 2.55. The summed E-state index contributed by atoms with van der Waals surface area (Å²) in [7, 11) is 1.94. The average Bonchev–Trinajstić information content (AvgIpc) is 4.02. The van der Waals surface area contributed by atoms with E-state index in [1.807, 2.05) is 56.6 Å². The molecule has 0 spiro atoms. The summed E-state index contributed by atoms with van der Waals surface area (Å²) >= 11 is 0. The molecule has 1 saturated heterocycles. The Hall–Kier alpha value is -5.72. The Labute approximate surface area is 368 Å². The Balaban J connectivity index is 1.27. The van der Waals surface area contributed by atoms with Crippen LogP contribution in [-0.2, 0) is 24.1 Å². The summed E-state index contributed by atoms with van der Waals surface area (Å²) in [5, 5.41) is 9.50. The number of furan rings is 1. The molecule has 15 nitrogen and oxygen atoms in total. The zero-order valence-electron chi connectivity index (χ0n) is 36.8. The van der Waals surface area contributed by atoms with Gasteiger partial charge in [0.2, 0.25) is 5.95 Å². The summed E-state index contributed by atoms with van der Waals surface area (Å²) < 4.78 is 44.7. The molecule has 0 bridgehead atoms. The second-order valence-electron chi connectivity index (χ2n) is 16.6. The molecule has 2 aliphatic rings. The number of fused-ring (bicyclic) bond motifs is 3. The Bertz CT molecular complexity index is 2610. The number of hydrogen-bond donors (Lipinski definition) is 1. The molecule has 1 N–H and O–H groups in total. The van der Waals surface area contributed by atoms with Crippen LogP contribution in [0.5, 0.6) is 11.5 Å². The number of imidazole rings is 1. The lowest BCUT2D eigenvalue weighted by atomic mass is 9.77. The van der Waals surface area contributed by atoms with Gasteiger partial charge < -0.3 is 32.6 Å². The number of ether oxygens (including phenoxy) is 3. The molecule has 0 amide bonds. The van der Waals surface area contributed by atoms with Gasteiger partial charge in [-0.3, -0.25) is 14.3 Å². The highest BCUT2D eigenvalue weighted by atomic mass is 31.2. The van der Waals surface area contributed by atoms with Crippen molar-refractivity contribution >= 4 is 32.0 Å². The minimum Gasteiger partial charge on any atom is -0.461 e. The predicted molar refractivity (Wildman–Crippen MR) is 241 cm³/mol. The summed E-state index contributed by atoms with van der Waals surface area (Å²) in [4.78, 5) is 32.2. The quantitative estimate of drug-likeness (QED) is 0.0425. The average molecular weight is 873 g/mol. The molecule has 3 aromatic heterocycles. The number of nitrogens with one attached hydrogen (secondary N) is 1. The fraction of sp³-hybridized carbons (Fsp3) is 0.383. The van der Waals surface area contributed by atoms with Gasteiger partial charge in [-0.15, -0.1) is 0 Å². The number of aromatic amines is 1. The molecule has 328 valence electrons. The fourth-order valence-corrected chi connectivity index (χ4v) is 10.1. The van der Waals surface area contributed by atoms with Crippen LogP contribution in [0.1, 0.15) is 74.6 Å². The molecule has 0 radical (unpaired) electrons. The number of hydrogen-bond acceptors (Lipinski definition) is 12. The summed E-state index contributed by atoms with van der Waals surface area (Å²) in [5.41, 5.74) is 3.51. The van der Waals surface area contributed by atoms with Gasteiger partial charge in [0, 0.05) is 43.7 Å². The van der Waals surface area contributed by atoms with E-state index in [1.165, 1.54) is 0 Å². The van der Waals surface area contributed by atoms with Crippen LogP contribution in [0, 0.1) is 25.2 Å². The van der Waals surface area contributed by atoms with Crippen LogP contribution < -0.4 is 10.3 Å². The van der Waals surface area contributed by atoms with E-state index in [1.54, 1.807) is 34.2 Å². The van der Waals surface area contributed by atoms with Gasteiger partial charge in [-0.05, 0) is 83.5 Å². The van der Waals surface area contributed by atoms with Crippen LogP contribution in [-0.4, -0.2) is 87.0 Å². The highest BCUT2D eigenvalue weighted by molar-refractivity contribution is 7.44. The fourth-order valence-electron chi connectivity index (χ4n) is 8.29. The molecule has 0 aliphatic carbocycles. The van der Waals surface area contributed by atoms with Crippen LogP contribution >= 0.6 is 8.53 Å². The highest BCUT2D eigenvalue weighted by Gasteiger charge is 2.49. The molecule has 5 heterocycles. The van der Waals surface area contributed by atoms with E-state index < -0.39 is 38.1 Å². The monoisotopic (exact) mass is 872 g/mol. The smallest absolute Gasteiger partial charge is 0.280 e. The van der Waals surface area contributed by atoms with Gasteiger partial charge in [-0.1, -0.05) is 53.6 Å². The number of nitriles is 1. The van der Waals surface area contributed by atoms with Crippen molar-refractivity contribution in [2.24, 2.45) is 4.99 Å². The van der Waals surface area contributed by atoms with Crippen LogP contribution in [0.4, 0.5) is 5.95 Å². The summed E-state index contributed by atoms with van der Waals surface area (Å²) in [6.07, 6.45) is 1.49. The van der Waals surface area contributed by atoms with Gasteiger partial charge in [0.25, 0.3) is 14.1 Å². The predicted octanol–water partition coefficient (Wildman–Crippen LogP) is 9.28. The second kappa shape index (κ2) is 18.6. The molecule has 6 aromatic rings. The first-order valence-corrected chi connectivity index (χ1v) is 22.3. The standard InChI is InChI=1S/C47H53N8O7P/c1-29(2)55(30(3)4)63(59-23-13-21-48)62-39-26-41(54-43(38-16-12-22-57-38)50-42-44(54)51-46(52-45(42)56)49-28-53(7)8)61-40(39)27-58-47(33-14-10-9-11-15-33)34-24-31(5)17-19-36(34)60-37-20-18-32(6)25-35(37)47/h9-12,14-20,22,24-25,28-30,39-41H,13,23,26-27H2,1-8H3,(H,51,52,56)/b49-28+/t39-,40+,41+,63?/m0/s1. The van der Waals surface area contributed by atoms with Gasteiger partial charge in [0.15, 0.2) is 28.3 Å². The van der Waals surface area contributed by atoms with Crippen molar-refractivity contribution in [1.29, 1.82) is 5.26 Å². The first-order valence-electron chi connectivity index (χ1n) is 21.1. The van der Waals surface area contributed by atoms with Gasteiger partial charge in [-0.25, -0.2) is 14.6 Å². The minimum atomic E-state index is -1.71. The first kappa shape index (κ1) is 43.9. The molecule has 0 saturated carbocycles. The first-order chi connectivity index (χ1) is 30.4. The Kier molecular flexibility index (Phi) is 12.9. The lowest BCUT2D eigenvalue weighted by Crippen LogP contribution is -2.41. The maximum absolute atomic E-state index is 13.7. The summed E-state index contributed by atoms with van der Waals surface area (Å²) in [6, 6.07) is 28.3. The van der Waals surface area contributed by atoms with Crippen molar-refractivity contribution in [2.75, 3.05) is 27.3 Å². The van der Waals surface area contributed by atoms with Gasteiger partial charge >= 0.3 is 0 Å². The van der Waals surface area contributed by atoms with Gasteiger partial charge in [0.05, 0.1) is 44.4 Å². The molecule has 2 aliphatic heterocycles. The Morgan fingerprint density at radius 1 is 1.00 bits per heavy atom. The third-order valence-corrected chi connectivity index (χ3v) is 13.1. The van der Waals surface area contributed by atoms with Crippen LogP contribution in [0.25, 0.3) is 22.7 Å². The molecular weight excluding hydrogens is 820 g/mol. The molecule has 16 heteroatoms. The number of H-pyrrole nitrogens is 1. The number of nitrogens with zero attached hydrogens (tertiary/aromatic N) is 7. The zero-order valence-corrected chi connectivity index (χ0v) is 37.7. The van der Waals surface area contributed by atoms with Crippen molar-refractivity contribution in [3.8, 4) is 29.2 Å². The van der Waals surface area contributed by atoms with Gasteiger partial charge in [0.1, 0.15) is 23.8 Å². The lowest BCUT2D eigenvalue weighted by Gasteiger charge is -2.42. The van der Waals surface area contributed by atoms with E-state index in [9.17, 15) is 10.1 Å². The molecule has 4 atom stereocenters. The van der Waals surface area contributed by atoms with E-state index in [0.29, 0.717) is 23.1 Å². The van der Waals surface area contributed by atoms with Gasteiger partial charge in [-0.2, -0.15) is 10.2 Å². The van der Waals surface area contributed by atoms with Crippen LogP contribution in [0.2, 0.25) is 0 Å². The summed E-state index contributed by atoms with van der Waals surface area (Å²) in [6.45, 7) is 12.8. The molecular formula is C47H53N8O7P. The second-order valence-corrected chi connectivity index (χ2v) is 18.0. The van der Waals surface area contributed by atoms with Crippen molar-refractivity contribution in [2.45, 2.75) is 90.5 Å². The van der Waals surface area contributed by atoms with E-state index in [4.69, 9.17) is 37.6 Å². The minimum absolute atomic E-state index is 0.0503. The molecule has 8 rings (SSSR count). The van der Waals surface area contributed by atoms with Crippen molar-refractivity contribution in [3.05, 3.63) is 123 Å². The maximum atomic E-state index is 13.7. The topological polar surface area (TPSA) is 165 Å². The van der Waals surface area contributed by atoms with Crippen molar-refractivity contribution < 1.29 is 27.7 Å². The van der Waals surface area contributed by atoms with E-state index in [-0.39, 0.29) is 55.3 Å². The number of benzene rings is 3. The SMILES string of the molecule is Cc1ccc2c(c1)C(OC[C@H]1O[C@@H](n3c(-c4ccco4)nc4c(=O)[nH]c(/N=C/N(C)C)nc43)C[C@@H]1OP(OCCC#N)N(C(C)C)C(C)C)(c1ccccc1)c1cc(C)ccc1O2. The normalized spacial score (nSPS) is 18.5. The molecule has 1 unspecified atom stereocenters. The van der Waals surface area contributed by atoms with E-state index in [0.717, 1.165) is 27.8 Å². The van der Waals surface area contributed by atoms with Crippen LogP contribution in [0.3, 0.4) is 0 Å². The molecule has 63 heavy (non-hydrogen) atoms. The number of aromatic nitrogens is 4. The Morgan fingerprint density at radius 3 is 2.32 bits per heavy atom. The summed E-state index contributed by atoms with van der Waals surface area (Å²) in [5.74, 6) is 2.25. The third kappa shape index (κ3) is 8.80. The molecule has 3 aromatic carbocycles.